The minimum atomic E-state index is -0.240. The Morgan fingerprint density at radius 2 is 2.15 bits per heavy atom. The Hall–Kier alpha value is -0.960. The van der Waals surface area contributed by atoms with Gasteiger partial charge in [-0.1, -0.05) is 15.9 Å². The van der Waals surface area contributed by atoms with E-state index in [1.165, 1.54) is 12.1 Å². The first-order chi connectivity index (χ1) is 6.18. The molecule has 0 spiro atoms. The highest BCUT2D eigenvalue weighted by molar-refractivity contribution is 9.10. The molecular formula is C10H7BrFN. The highest BCUT2D eigenvalue weighted by Gasteiger charge is 2.04. The Morgan fingerprint density at radius 3 is 2.92 bits per heavy atom. The Labute approximate surface area is 83.7 Å². The van der Waals surface area contributed by atoms with Crippen LogP contribution < -0.4 is 0 Å². The zero-order valence-electron chi connectivity index (χ0n) is 7.01. The SMILES string of the molecule is Cc1cc(F)cc2nccc(Br)c12. The lowest BCUT2D eigenvalue weighted by Gasteiger charge is -2.03. The lowest BCUT2D eigenvalue weighted by molar-refractivity contribution is 0.628. The standard InChI is InChI=1S/C10H7BrFN/c1-6-4-7(12)5-9-10(6)8(11)2-3-13-9/h2-5H,1H3. The van der Waals surface area contributed by atoms with E-state index in [-0.39, 0.29) is 5.82 Å². The van der Waals surface area contributed by atoms with E-state index in [1.807, 2.05) is 13.0 Å². The fraction of sp³-hybridized carbons (Fsp3) is 0.100. The van der Waals surface area contributed by atoms with Gasteiger partial charge >= 0.3 is 0 Å². The summed E-state index contributed by atoms with van der Waals surface area (Å²) in [4.78, 5) is 4.09. The Bertz CT molecular complexity index is 468. The molecule has 0 radical (unpaired) electrons. The molecule has 66 valence electrons. The van der Waals surface area contributed by atoms with Gasteiger partial charge in [0.05, 0.1) is 5.52 Å². The molecule has 0 atom stereocenters. The molecule has 1 aromatic heterocycles. The van der Waals surface area contributed by atoms with Gasteiger partial charge in [-0.25, -0.2) is 4.39 Å². The van der Waals surface area contributed by atoms with Crippen molar-refractivity contribution >= 4 is 26.8 Å². The van der Waals surface area contributed by atoms with E-state index in [4.69, 9.17) is 0 Å². The van der Waals surface area contributed by atoms with Crippen molar-refractivity contribution in [3.63, 3.8) is 0 Å². The Balaban J connectivity index is 2.94. The molecule has 0 N–H and O–H groups in total. The van der Waals surface area contributed by atoms with Crippen molar-refractivity contribution in [3.8, 4) is 0 Å². The third-order valence-corrected chi connectivity index (χ3v) is 2.61. The number of nitrogens with zero attached hydrogens (tertiary/aromatic N) is 1. The number of hydrogen-bond donors (Lipinski definition) is 0. The summed E-state index contributed by atoms with van der Waals surface area (Å²) in [5, 5.41) is 0.976. The summed E-state index contributed by atoms with van der Waals surface area (Å²) in [7, 11) is 0. The fourth-order valence-corrected chi connectivity index (χ4v) is 2.04. The molecule has 0 aliphatic heterocycles. The third-order valence-electron chi connectivity index (χ3n) is 1.95. The molecule has 13 heavy (non-hydrogen) atoms. The fourth-order valence-electron chi connectivity index (χ4n) is 1.40. The van der Waals surface area contributed by atoms with Crippen LogP contribution in [0.15, 0.2) is 28.9 Å². The van der Waals surface area contributed by atoms with Gasteiger partial charge < -0.3 is 0 Å². The van der Waals surface area contributed by atoms with Gasteiger partial charge in [-0.05, 0) is 24.6 Å². The lowest BCUT2D eigenvalue weighted by Crippen LogP contribution is -1.86. The smallest absolute Gasteiger partial charge is 0.125 e. The predicted octanol–water partition coefficient (Wildman–Crippen LogP) is 3.44. The number of fused-ring (bicyclic) bond motifs is 1. The number of benzene rings is 1. The van der Waals surface area contributed by atoms with E-state index < -0.39 is 0 Å². The lowest BCUT2D eigenvalue weighted by atomic mass is 10.1. The normalized spacial score (nSPS) is 10.7. The first kappa shape index (κ1) is 8.63. The second-order valence-corrected chi connectivity index (χ2v) is 3.76. The first-order valence-corrected chi connectivity index (χ1v) is 4.68. The molecule has 0 bridgehead atoms. The summed E-state index contributed by atoms with van der Waals surface area (Å²) in [5.74, 6) is -0.240. The number of rotatable bonds is 0. The Morgan fingerprint density at radius 1 is 1.38 bits per heavy atom. The van der Waals surface area contributed by atoms with Gasteiger partial charge in [0.15, 0.2) is 0 Å². The van der Waals surface area contributed by atoms with Crippen molar-refractivity contribution in [1.29, 1.82) is 0 Å². The monoisotopic (exact) mass is 239 g/mol. The second kappa shape index (κ2) is 3.07. The van der Waals surface area contributed by atoms with E-state index >= 15 is 0 Å². The number of pyridine rings is 1. The van der Waals surface area contributed by atoms with Gasteiger partial charge in [-0.2, -0.15) is 0 Å². The van der Waals surface area contributed by atoms with Gasteiger partial charge in [-0.15, -0.1) is 0 Å². The summed E-state index contributed by atoms with van der Waals surface area (Å²) in [6.07, 6.45) is 1.66. The molecule has 0 fully saturated rings. The highest BCUT2D eigenvalue weighted by Crippen LogP contribution is 2.25. The van der Waals surface area contributed by atoms with Gasteiger partial charge in [0.1, 0.15) is 5.82 Å². The van der Waals surface area contributed by atoms with Crippen LogP contribution in [0.1, 0.15) is 5.56 Å². The van der Waals surface area contributed by atoms with Crippen molar-refractivity contribution in [1.82, 2.24) is 4.98 Å². The number of hydrogen-bond acceptors (Lipinski definition) is 1. The van der Waals surface area contributed by atoms with Crippen LogP contribution in [0.2, 0.25) is 0 Å². The molecule has 2 aromatic rings. The van der Waals surface area contributed by atoms with Crippen molar-refractivity contribution < 1.29 is 4.39 Å². The largest absolute Gasteiger partial charge is 0.256 e. The third kappa shape index (κ3) is 1.44. The first-order valence-electron chi connectivity index (χ1n) is 3.89. The molecule has 0 saturated carbocycles. The molecule has 0 saturated heterocycles. The zero-order chi connectivity index (χ0) is 9.42. The summed E-state index contributed by atoms with van der Waals surface area (Å²) in [6.45, 7) is 1.87. The average molecular weight is 240 g/mol. The maximum atomic E-state index is 13.0. The van der Waals surface area contributed by atoms with Gasteiger partial charge in [-0.3, -0.25) is 4.98 Å². The highest BCUT2D eigenvalue weighted by atomic mass is 79.9. The topological polar surface area (TPSA) is 12.9 Å². The number of aryl methyl sites for hydroxylation is 1. The van der Waals surface area contributed by atoms with Crippen LogP contribution in [-0.2, 0) is 0 Å². The summed E-state index contributed by atoms with van der Waals surface area (Å²) >= 11 is 3.41. The number of aromatic nitrogens is 1. The maximum absolute atomic E-state index is 13.0. The zero-order valence-corrected chi connectivity index (χ0v) is 8.60. The molecular weight excluding hydrogens is 233 g/mol. The van der Waals surface area contributed by atoms with Crippen LogP contribution in [0.4, 0.5) is 4.39 Å². The van der Waals surface area contributed by atoms with E-state index in [9.17, 15) is 4.39 Å². The van der Waals surface area contributed by atoms with Crippen molar-refractivity contribution in [3.05, 3.63) is 40.2 Å². The quantitative estimate of drug-likeness (QED) is 0.687. The van der Waals surface area contributed by atoms with Crippen LogP contribution in [-0.4, -0.2) is 4.98 Å². The maximum Gasteiger partial charge on any atom is 0.125 e. The van der Waals surface area contributed by atoms with Crippen molar-refractivity contribution in [2.75, 3.05) is 0 Å². The van der Waals surface area contributed by atoms with Crippen LogP contribution in [0.3, 0.4) is 0 Å². The van der Waals surface area contributed by atoms with Crippen molar-refractivity contribution in [2.24, 2.45) is 0 Å². The van der Waals surface area contributed by atoms with Crippen molar-refractivity contribution in [2.45, 2.75) is 6.92 Å². The summed E-state index contributed by atoms with van der Waals surface area (Å²) < 4.78 is 13.9. The van der Waals surface area contributed by atoms with Crippen LogP contribution >= 0.6 is 15.9 Å². The van der Waals surface area contributed by atoms with E-state index in [0.717, 1.165) is 15.4 Å². The molecule has 1 aromatic carbocycles. The minimum Gasteiger partial charge on any atom is -0.256 e. The summed E-state index contributed by atoms with van der Waals surface area (Å²) in [6, 6.07) is 4.80. The molecule has 0 aliphatic rings. The molecule has 0 unspecified atom stereocenters. The second-order valence-electron chi connectivity index (χ2n) is 2.91. The van der Waals surface area contributed by atoms with Crippen LogP contribution in [0.25, 0.3) is 10.9 Å². The minimum absolute atomic E-state index is 0.240. The van der Waals surface area contributed by atoms with E-state index in [1.54, 1.807) is 6.20 Å². The predicted molar refractivity (Wildman–Crippen MR) is 54.1 cm³/mol. The van der Waals surface area contributed by atoms with Crippen LogP contribution in [0, 0.1) is 12.7 Å². The molecule has 1 heterocycles. The van der Waals surface area contributed by atoms with Gasteiger partial charge in [0.2, 0.25) is 0 Å². The molecule has 1 nitrogen and oxygen atoms in total. The van der Waals surface area contributed by atoms with Gasteiger partial charge in [0, 0.05) is 22.1 Å². The number of halogens is 2. The van der Waals surface area contributed by atoms with E-state index in [2.05, 4.69) is 20.9 Å². The molecule has 2 rings (SSSR count). The molecule has 0 amide bonds. The Kier molecular flexibility index (Phi) is 2.04. The average Bonchev–Trinajstić information content (AvgIpc) is 2.02. The van der Waals surface area contributed by atoms with E-state index in [0.29, 0.717) is 5.52 Å². The van der Waals surface area contributed by atoms with Crippen LogP contribution in [0.5, 0.6) is 0 Å². The van der Waals surface area contributed by atoms with Gasteiger partial charge in [0.25, 0.3) is 0 Å². The molecule has 0 aliphatic carbocycles. The summed E-state index contributed by atoms with van der Waals surface area (Å²) in [5.41, 5.74) is 1.59. The molecule has 3 heteroatoms.